The van der Waals surface area contributed by atoms with Crippen LogP contribution < -0.4 is 25.0 Å². The van der Waals surface area contributed by atoms with Gasteiger partial charge in [0.05, 0.1) is 12.0 Å². The molecule has 0 bridgehead atoms. The fourth-order valence-electron chi connectivity index (χ4n) is 2.79. The van der Waals surface area contributed by atoms with Crippen molar-refractivity contribution in [3.8, 4) is 5.75 Å². The van der Waals surface area contributed by atoms with E-state index in [1.807, 2.05) is 56.3 Å². The lowest BCUT2D eigenvalue weighted by Gasteiger charge is -2.16. The minimum atomic E-state index is -3.62. The van der Waals surface area contributed by atoms with Gasteiger partial charge in [0.15, 0.2) is 0 Å². The smallest absolute Gasteiger partial charge is 0.240 e. The number of hydrogen-bond donors (Lipinski definition) is 3. The fraction of sp³-hybridized carbons (Fsp3) is 0.273. The molecule has 0 aliphatic heterocycles. The van der Waals surface area contributed by atoms with Crippen molar-refractivity contribution in [2.75, 3.05) is 49.8 Å². The van der Waals surface area contributed by atoms with Gasteiger partial charge in [-0.15, -0.1) is 0 Å². The largest absolute Gasteiger partial charge is 0.497 e. The lowest BCUT2D eigenvalue weighted by Crippen LogP contribution is -2.29. The number of aryl methyl sites for hydroxylation is 1. The van der Waals surface area contributed by atoms with Crippen LogP contribution in [0.15, 0.2) is 59.5 Å². The number of sulfonamides is 1. The van der Waals surface area contributed by atoms with Gasteiger partial charge in [-0.25, -0.2) is 13.1 Å². The molecule has 0 amide bonds. The van der Waals surface area contributed by atoms with Crippen LogP contribution in [0.2, 0.25) is 0 Å². The molecule has 170 valence electrons. The zero-order valence-corrected chi connectivity index (χ0v) is 19.4. The summed E-state index contributed by atoms with van der Waals surface area (Å²) in [6.45, 7) is 2.52. The summed E-state index contributed by atoms with van der Waals surface area (Å²) in [5, 5.41) is 6.35. The van der Waals surface area contributed by atoms with Gasteiger partial charge < -0.3 is 20.3 Å². The molecular formula is C22H28N6O3S. The SMILES string of the molecule is COc1ccc(S(=O)(=O)NCCNc2nc(Nc3ccc(C)cc3)cc(N(C)C)n2)cc1. The maximum Gasteiger partial charge on any atom is 0.240 e. The number of aromatic nitrogens is 2. The van der Waals surface area contributed by atoms with Crippen molar-refractivity contribution >= 4 is 33.3 Å². The third-order valence-electron chi connectivity index (χ3n) is 4.56. The van der Waals surface area contributed by atoms with Gasteiger partial charge in [-0.1, -0.05) is 17.7 Å². The van der Waals surface area contributed by atoms with E-state index in [1.165, 1.54) is 24.8 Å². The zero-order chi connectivity index (χ0) is 23.1. The normalized spacial score (nSPS) is 11.1. The lowest BCUT2D eigenvalue weighted by molar-refractivity contribution is 0.414. The van der Waals surface area contributed by atoms with Gasteiger partial charge in [0.1, 0.15) is 17.4 Å². The third kappa shape index (κ3) is 6.32. The molecule has 9 nitrogen and oxygen atoms in total. The number of benzene rings is 2. The Morgan fingerprint density at radius 2 is 1.66 bits per heavy atom. The van der Waals surface area contributed by atoms with Crippen molar-refractivity contribution in [2.24, 2.45) is 0 Å². The maximum atomic E-state index is 12.4. The summed E-state index contributed by atoms with van der Waals surface area (Å²) in [6.07, 6.45) is 0. The molecule has 3 N–H and O–H groups in total. The molecule has 0 aliphatic rings. The number of rotatable bonds is 10. The average molecular weight is 457 g/mol. The van der Waals surface area contributed by atoms with E-state index < -0.39 is 10.0 Å². The molecule has 0 aliphatic carbocycles. The molecule has 0 saturated carbocycles. The van der Waals surface area contributed by atoms with E-state index in [0.29, 0.717) is 24.1 Å². The van der Waals surface area contributed by atoms with Crippen LogP contribution in [0.5, 0.6) is 5.75 Å². The van der Waals surface area contributed by atoms with Crippen LogP contribution in [0.4, 0.5) is 23.3 Å². The molecule has 0 saturated heterocycles. The number of anilines is 4. The Bertz CT molecular complexity index is 1130. The van der Waals surface area contributed by atoms with Gasteiger partial charge in [0.2, 0.25) is 16.0 Å². The molecule has 0 spiro atoms. The van der Waals surface area contributed by atoms with Crippen LogP contribution in [-0.4, -0.2) is 52.7 Å². The van der Waals surface area contributed by atoms with Crippen molar-refractivity contribution < 1.29 is 13.2 Å². The van der Waals surface area contributed by atoms with Gasteiger partial charge in [-0.3, -0.25) is 0 Å². The van der Waals surface area contributed by atoms with Crippen molar-refractivity contribution in [1.82, 2.24) is 14.7 Å². The standard InChI is InChI=1S/C22H28N6O3S/c1-16-5-7-17(8-6-16)25-20-15-21(28(2)3)27-22(26-20)23-13-14-24-32(29,30)19-11-9-18(31-4)10-12-19/h5-12,15,24H,13-14H2,1-4H3,(H2,23,25,26,27). The number of hydrogen-bond acceptors (Lipinski definition) is 8. The molecule has 0 atom stereocenters. The second-order valence-electron chi connectivity index (χ2n) is 7.32. The molecule has 10 heteroatoms. The second kappa shape index (κ2) is 10.3. The first-order chi connectivity index (χ1) is 15.3. The molecule has 1 aromatic heterocycles. The molecule has 0 unspecified atom stereocenters. The summed E-state index contributed by atoms with van der Waals surface area (Å²) in [5.74, 6) is 2.35. The zero-order valence-electron chi connectivity index (χ0n) is 18.6. The van der Waals surface area contributed by atoms with Crippen molar-refractivity contribution in [3.05, 3.63) is 60.2 Å². The van der Waals surface area contributed by atoms with Crippen molar-refractivity contribution in [2.45, 2.75) is 11.8 Å². The van der Waals surface area contributed by atoms with Crippen LogP contribution in [0.1, 0.15) is 5.56 Å². The molecule has 0 radical (unpaired) electrons. The summed E-state index contributed by atoms with van der Waals surface area (Å²) in [7, 11) is 1.70. The summed E-state index contributed by atoms with van der Waals surface area (Å²) < 4.78 is 32.5. The van der Waals surface area contributed by atoms with Gasteiger partial charge in [0, 0.05) is 38.9 Å². The summed E-state index contributed by atoms with van der Waals surface area (Å²) in [4.78, 5) is 11.0. The van der Waals surface area contributed by atoms with Crippen molar-refractivity contribution in [3.63, 3.8) is 0 Å². The van der Waals surface area contributed by atoms with Crippen LogP contribution in [0.25, 0.3) is 0 Å². The first-order valence-corrected chi connectivity index (χ1v) is 11.5. The number of methoxy groups -OCH3 is 1. The average Bonchev–Trinajstić information content (AvgIpc) is 2.78. The highest BCUT2D eigenvalue weighted by Crippen LogP contribution is 2.21. The third-order valence-corrected chi connectivity index (χ3v) is 6.04. The van der Waals surface area contributed by atoms with E-state index in [0.717, 1.165) is 11.5 Å². The van der Waals surface area contributed by atoms with Crippen LogP contribution in [0, 0.1) is 6.92 Å². The minimum absolute atomic E-state index is 0.171. The number of nitrogens with one attached hydrogen (secondary N) is 3. The Hall–Kier alpha value is -3.37. The molecule has 3 aromatic rings. The predicted octanol–water partition coefficient (Wildman–Crippen LogP) is 2.99. The van der Waals surface area contributed by atoms with Gasteiger partial charge in [0.25, 0.3) is 0 Å². The highest BCUT2D eigenvalue weighted by atomic mass is 32.2. The molecule has 0 fully saturated rings. The Labute approximate surface area is 188 Å². The molecule has 3 rings (SSSR count). The number of nitrogens with zero attached hydrogens (tertiary/aromatic N) is 3. The fourth-order valence-corrected chi connectivity index (χ4v) is 3.82. The van der Waals surface area contributed by atoms with Crippen molar-refractivity contribution in [1.29, 1.82) is 0 Å². The minimum Gasteiger partial charge on any atom is -0.497 e. The molecule has 2 aromatic carbocycles. The quantitative estimate of drug-likeness (QED) is 0.400. The van der Waals surface area contributed by atoms with E-state index in [2.05, 4.69) is 25.3 Å². The Morgan fingerprint density at radius 1 is 0.969 bits per heavy atom. The Morgan fingerprint density at radius 3 is 2.28 bits per heavy atom. The topological polar surface area (TPSA) is 108 Å². The van der Waals surface area contributed by atoms with E-state index in [-0.39, 0.29) is 11.4 Å². The highest BCUT2D eigenvalue weighted by molar-refractivity contribution is 7.89. The van der Waals surface area contributed by atoms with E-state index >= 15 is 0 Å². The summed E-state index contributed by atoms with van der Waals surface area (Å²) in [5.41, 5.74) is 2.09. The monoisotopic (exact) mass is 456 g/mol. The Kier molecular flexibility index (Phi) is 7.49. The summed E-state index contributed by atoms with van der Waals surface area (Å²) >= 11 is 0. The van der Waals surface area contributed by atoms with Crippen LogP contribution >= 0.6 is 0 Å². The first-order valence-electron chi connectivity index (χ1n) is 10.0. The summed E-state index contributed by atoms with van der Waals surface area (Å²) in [6, 6.07) is 16.1. The van der Waals surface area contributed by atoms with Gasteiger partial charge in [-0.2, -0.15) is 9.97 Å². The van der Waals surface area contributed by atoms with Gasteiger partial charge in [-0.05, 0) is 43.3 Å². The van der Waals surface area contributed by atoms with E-state index in [9.17, 15) is 8.42 Å². The van der Waals surface area contributed by atoms with E-state index in [1.54, 1.807) is 12.1 Å². The van der Waals surface area contributed by atoms with Gasteiger partial charge >= 0.3 is 0 Å². The predicted molar refractivity (Wildman–Crippen MR) is 127 cm³/mol. The molecular weight excluding hydrogens is 428 g/mol. The highest BCUT2D eigenvalue weighted by Gasteiger charge is 2.13. The number of ether oxygens (including phenoxy) is 1. The Balaban J connectivity index is 1.63. The maximum absolute atomic E-state index is 12.4. The van der Waals surface area contributed by atoms with Crippen LogP contribution in [0.3, 0.4) is 0 Å². The molecule has 32 heavy (non-hydrogen) atoms. The van der Waals surface area contributed by atoms with Crippen LogP contribution in [-0.2, 0) is 10.0 Å². The second-order valence-corrected chi connectivity index (χ2v) is 9.09. The first kappa shape index (κ1) is 23.3. The lowest BCUT2D eigenvalue weighted by atomic mass is 10.2. The molecule has 1 heterocycles. The van der Waals surface area contributed by atoms with E-state index in [4.69, 9.17) is 4.74 Å².